The molecule has 1 aliphatic carbocycles. The number of hydrogen-bond donors (Lipinski definition) is 1. The van der Waals surface area contributed by atoms with Crippen molar-refractivity contribution in [1.29, 1.82) is 0 Å². The Hall–Kier alpha value is -1.39. The largest absolute Gasteiger partial charge is 0.307 e. The molecule has 1 N–H and O–H groups in total. The molecule has 0 spiro atoms. The van der Waals surface area contributed by atoms with Gasteiger partial charge in [0.15, 0.2) is 0 Å². The predicted octanol–water partition coefficient (Wildman–Crippen LogP) is 5.20. The standard InChI is InChI=1S/C18H21ClN2OS/c1-18(2,3)11-4-6-13-14(10-23-15(13)8-11)17(22)21-16-7-5-12(19)9-20-16/h5,7,9-11H,4,6,8H2,1-3H3,(H,20,21,22). The Morgan fingerprint density at radius 1 is 1.39 bits per heavy atom. The Kier molecular flexibility index (Phi) is 4.47. The van der Waals surface area contributed by atoms with Gasteiger partial charge >= 0.3 is 0 Å². The van der Waals surface area contributed by atoms with E-state index in [-0.39, 0.29) is 5.91 Å². The zero-order chi connectivity index (χ0) is 16.6. The van der Waals surface area contributed by atoms with Crippen molar-refractivity contribution in [2.24, 2.45) is 11.3 Å². The number of nitrogens with one attached hydrogen (secondary N) is 1. The molecule has 1 aliphatic rings. The summed E-state index contributed by atoms with van der Waals surface area (Å²) in [7, 11) is 0. The number of rotatable bonds is 2. The third kappa shape index (κ3) is 3.59. The average Bonchev–Trinajstić information content (AvgIpc) is 2.92. The van der Waals surface area contributed by atoms with Gasteiger partial charge in [-0.25, -0.2) is 4.98 Å². The molecule has 0 aliphatic heterocycles. The molecule has 122 valence electrons. The van der Waals surface area contributed by atoms with Gasteiger partial charge in [-0.2, -0.15) is 0 Å². The number of anilines is 1. The fourth-order valence-corrected chi connectivity index (χ4v) is 4.35. The summed E-state index contributed by atoms with van der Waals surface area (Å²) in [6, 6.07) is 3.44. The molecule has 0 radical (unpaired) electrons. The van der Waals surface area contributed by atoms with Crippen molar-refractivity contribution in [2.75, 3.05) is 5.32 Å². The van der Waals surface area contributed by atoms with Crippen molar-refractivity contribution in [2.45, 2.75) is 40.0 Å². The van der Waals surface area contributed by atoms with Crippen LogP contribution in [-0.4, -0.2) is 10.9 Å². The van der Waals surface area contributed by atoms with Crippen molar-refractivity contribution in [1.82, 2.24) is 4.98 Å². The highest BCUT2D eigenvalue weighted by Crippen LogP contribution is 2.40. The Balaban J connectivity index is 1.76. The first-order chi connectivity index (χ1) is 10.8. The molecule has 2 aromatic heterocycles. The Labute approximate surface area is 146 Å². The molecule has 0 aromatic carbocycles. The highest BCUT2D eigenvalue weighted by atomic mass is 35.5. The minimum atomic E-state index is -0.0773. The van der Waals surface area contributed by atoms with Crippen LogP contribution < -0.4 is 5.32 Å². The molecule has 23 heavy (non-hydrogen) atoms. The predicted molar refractivity (Wildman–Crippen MR) is 96.5 cm³/mol. The molecular formula is C18H21ClN2OS. The maximum absolute atomic E-state index is 12.5. The van der Waals surface area contributed by atoms with Crippen molar-refractivity contribution < 1.29 is 4.79 Å². The molecule has 3 rings (SSSR count). The van der Waals surface area contributed by atoms with Crippen LogP contribution in [0.25, 0.3) is 0 Å². The summed E-state index contributed by atoms with van der Waals surface area (Å²) < 4.78 is 0. The fraction of sp³-hybridized carbons (Fsp3) is 0.444. The van der Waals surface area contributed by atoms with Crippen LogP contribution in [0.4, 0.5) is 5.82 Å². The van der Waals surface area contributed by atoms with Crippen LogP contribution in [0, 0.1) is 11.3 Å². The van der Waals surface area contributed by atoms with Gasteiger partial charge in [-0.1, -0.05) is 32.4 Å². The minimum Gasteiger partial charge on any atom is -0.307 e. The number of pyridine rings is 1. The van der Waals surface area contributed by atoms with Gasteiger partial charge < -0.3 is 5.32 Å². The second-order valence-electron chi connectivity index (χ2n) is 7.17. The number of fused-ring (bicyclic) bond motifs is 1. The van der Waals surface area contributed by atoms with Crippen molar-refractivity contribution in [3.8, 4) is 0 Å². The lowest BCUT2D eigenvalue weighted by Crippen LogP contribution is -2.27. The first kappa shape index (κ1) is 16.5. The number of carbonyl (C=O) groups excluding carboxylic acids is 1. The number of aromatic nitrogens is 1. The van der Waals surface area contributed by atoms with E-state index in [9.17, 15) is 4.79 Å². The van der Waals surface area contributed by atoms with Crippen molar-refractivity contribution in [3.63, 3.8) is 0 Å². The average molecular weight is 349 g/mol. The number of amides is 1. The third-order valence-electron chi connectivity index (χ3n) is 4.59. The van der Waals surface area contributed by atoms with Gasteiger partial charge in [0.1, 0.15) is 5.82 Å². The molecule has 0 saturated carbocycles. The van der Waals surface area contributed by atoms with Gasteiger partial charge in [-0.3, -0.25) is 4.79 Å². The zero-order valence-corrected chi connectivity index (χ0v) is 15.2. The van der Waals surface area contributed by atoms with E-state index in [1.54, 1.807) is 23.5 Å². The van der Waals surface area contributed by atoms with E-state index in [0.29, 0.717) is 22.2 Å². The molecule has 0 fully saturated rings. The Morgan fingerprint density at radius 3 is 2.83 bits per heavy atom. The van der Waals surface area contributed by atoms with E-state index >= 15 is 0 Å². The monoisotopic (exact) mass is 348 g/mol. The van der Waals surface area contributed by atoms with Crippen LogP contribution in [0.2, 0.25) is 5.02 Å². The SMILES string of the molecule is CC(C)(C)C1CCc2c(C(=O)Nc3ccc(Cl)cn3)csc2C1. The molecule has 2 heterocycles. The van der Waals surface area contributed by atoms with E-state index < -0.39 is 0 Å². The summed E-state index contributed by atoms with van der Waals surface area (Å²) in [5.74, 6) is 1.14. The van der Waals surface area contributed by atoms with Crippen molar-refractivity contribution in [3.05, 3.63) is 44.7 Å². The van der Waals surface area contributed by atoms with E-state index in [1.165, 1.54) is 16.6 Å². The zero-order valence-electron chi connectivity index (χ0n) is 13.6. The minimum absolute atomic E-state index is 0.0773. The molecule has 3 nitrogen and oxygen atoms in total. The topological polar surface area (TPSA) is 42.0 Å². The van der Waals surface area contributed by atoms with E-state index in [1.807, 2.05) is 5.38 Å². The number of hydrogen-bond acceptors (Lipinski definition) is 3. The van der Waals surface area contributed by atoms with Crippen LogP contribution in [0.1, 0.15) is 48.0 Å². The Morgan fingerprint density at radius 2 is 2.17 bits per heavy atom. The van der Waals surface area contributed by atoms with Crippen molar-refractivity contribution >= 4 is 34.7 Å². The van der Waals surface area contributed by atoms with Crippen LogP contribution in [-0.2, 0) is 12.8 Å². The Bertz CT molecular complexity index is 716. The molecule has 2 aromatic rings. The maximum atomic E-state index is 12.5. The van der Waals surface area contributed by atoms with Gasteiger partial charge in [0.25, 0.3) is 5.91 Å². The first-order valence-electron chi connectivity index (χ1n) is 7.87. The highest BCUT2D eigenvalue weighted by Gasteiger charge is 2.31. The van der Waals surface area contributed by atoms with E-state index in [0.717, 1.165) is 24.8 Å². The fourth-order valence-electron chi connectivity index (χ4n) is 3.08. The van der Waals surface area contributed by atoms with Crippen LogP contribution in [0.3, 0.4) is 0 Å². The second kappa shape index (κ2) is 6.25. The second-order valence-corrected chi connectivity index (χ2v) is 8.57. The lowest BCUT2D eigenvalue weighted by Gasteiger charge is -2.34. The molecule has 1 unspecified atom stereocenters. The van der Waals surface area contributed by atoms with Crippen LogP contribution >= 0.6 is 22.9 Å². The first-order valence-corrected chi connectivity index (χ1v) is 9.12. The van der Waals surface area contributed by atoms with Gasteiger partial charge in [0.05, 0.1) is 10.6 Å². The van der Waals surface area contributed by atoms with Gasteiger partial charge in [0, 0.05) is 16.5 Å². The summed E-state index contributed by atoms with van der Waals surface area (Å²) in [6.45, 7) is 6.91. The summed E-state index contributed by atoms with van der Waals surface area (Å²) in [5, 5.41) is 5.41. The number of thiophene rings is 1. The molecular weight excluding hydrogens is 328 g/mol. The number of halogens is 1. The van der Waals surface area contributed by atoms with E-state index in [2.05, 4.69) is 31.1 Å². The van der Waals surface area contributed by atoms with E-state index in [4.69, 9.17) is 11.6 Å². The normalized spacial score (nSPS) is 17.7. The number of carbonyl (C=O) groups is 1. The number of nitrogens with zero attached hydrogens (tertiary/aromatic N) is 1. The quantitative estimate of drug-likeness (QED) is 0.810. The van der Waals surface area contributed by atoms with Crippen LogP contribution in [0.15, 0.2) is 23.7 Å². The summed E-state index contributed by atoms with van der Waals surface area (Å²) in [4.78, 5) is 18.0. The molecule has 1 amide bonds. The summed E-state index contributed by atoms with van der Waals surface area (Å²) in [6.07, 6.45) is 4.74. The van der Waals surface area contributed by atoms with Gasteiger partial charge in [0.2, 0.25) is 0 Å². The molecule has 5 heteroatoms. The molecule has 0 saturated heterocycles. The summed E-state index contributed by atoms with van der Waals surface area (Å²) in [5.41, 5.74) is 2.34. The third-order valence-corrected chi connectivity index (χ3v) is 5.87. The lowest BCUT2D eigenvalue weighted by molar-refractivity contribution is 0.102. The lowest BCUT2D eigenvalue weighted by atomic mass is 9.72. The molecule has 1 atom stereocenters. The van der Waals surface area contributed by atoms with Crippen LogP contribution in [0.5, 0.6) is 0 Å². The van der Waals surface area contributed by atoms with Gasteiger partial charge in [-0.05, 0) is 48.3 Å². The molecule has 0 bridgehead atoms. The highest BCUT2D eigenvalue weighted by molar-refractivity contribution is 7.10. The summed E-state index contributed by atoms with van der Waals surface area (Å²) >= 11 is 7.53. The smallest absolute Gasteiger partial charge is 0.257 e. The maximum Gasteiger partial charge on any atom is 0.257 e. The van der Waals surface area contributed by atoms with Gasteiger partial charge in [-0.15, -0.1) is 11.3 Å².